The van der Waals surface area contributed by atoms with E-state index in [9.17, 15) is 9.59 Å². The molecule has 0 aromatic rings. The van der Waals surface area contributed by atoms with Gasteiger partial charge in [-0.1, -0.05) is 53.2 Å². The van der Waals surface area contributed by atoms with Crippen LogP contribution in [0.1, 0.15) is 66.7 Å². The zero-order valence-electron chi connectivity index (χ0n) is 17.7. The first-order valence-corrected chi connectivity index (χ1v) is 9.69. The van der Waals surface area contributed by atoms with Gasteiger partial charge in [-0.2, -0.15) is 0 Å². The molecule has 26 heavy (non-hydrogen) atoms. The van der Waals surface area contributed by atoms with Gasteiger partial charge >= 0.3 is 5.97 Å². The van der Waals surface area contributed by atoms with Crippen LogP contribution in [0.15, 0.2) is 25.3 Å². The third-order valence-corrected chi connectivity index (χ3v) is 4.68. The minimum Gasteiger partial charge on any atom is -0.462 e. The number of allylic oxidation sites excluding steroid dienone is 1. The predicted molar refractivity (Wildman–Crippen MR) is 109 cm³/mol. The lowest BCUT2D eigenvalue weighted by atomic mass is 9.82. The van der Waals surface area contributed by atoms with Crippen molar-refractivity contribution < 1.29 is 14.3 Å². The van der Waals surface area contributed by atoms with Crippen LogP contribution in [-0.4, -0.2) is 36.5 Å². The standard InChI is InChI=1S/C22H39NO3/c1-9-12-18(4)21(25)26-19(22(5,6)7)16-17(3)13-11-14-20(24)23(8)15-10-2/h9-10,17-19H,1-2,11-16H2,3-8H3/t17-,18-,19+/m1/s1. The summed E-state index contributed by atoms with van der Waals surface area (Å²) in [7, 11) is 1.80. The molecule has 4 heteroatoms. The Morgan fingerprint density at radius 2 is 1.77 bits per heavy atom. The molecular weight excluding hydrogens is 326 g/mol. The molecule has 0 unspecified atom stereocenters. The Labute approximate surface area is 160 Å². The molecule has 0 rings (SSSR count). The fraction of sp³-hybridized carbons (Fsp3) is 0.727. The Balaban J connectivity index is 4.54. The van der Waals surface area contributed by atoms with Gasteiger partial charge in [0.05, 0.1) is 5.92 Å². The lowest BCUT2D eigenvalue weighted by Gasteiger charge is -2.33. The van der Waals surface area contributed by atoms with Gasteiger partial charge in [0.1, 0.15) is 6.10 Å². The Kier molecular flexibility index (Phi) is 11.2. The normalized spacial score (nSPS) is 14.8. The molecule has 0 bridgehead atoms. The average Bonchev–Trinajstić information content (AvgIpc) is 2.53. The highest BCUT2D eigenvalue weighted by atomic mass is 16.5. The molecule has 0 spiro atoms. The van der Waals surface area contributed by atoms with E-state index < -0.39 is 0 Å². The van der Waals surface area contributed by atoms with Crippen molar-refractivity contribution in [2.45, 2.75) is 72.8 Å². The summed E-state index contributed by atoms with van der Waals surface area (Å²) in [5.41, 5.74) is -0.113. The molecule has 0 aromatic heterocycles. The quantitative estimate of drug-likeness (QED) is 0.361. The molecule has 3 atom stereocenters. The van der Waals surface area contributed by atoms with Crippen molar-refractivity contribution in [1.82, 2.24) is 4.90 Å². The summed E-state index contributed by atoms with van der Waals surface area (Å²) in [6.45, 7) is 18.3. The predicted octanol–water partition coefficient (Wildman–Crippen LogP) is 5.00. The zero-order chi connectivity index (χ0) is 20.3. The molecule has 0 aromatic carbocycles. The van der Waals surface area contributed by atoms with Gasteiger partial charge in [-0.15, -0.1) is 13.2 Å². The number of ether oxygens (including phenoxy) is 1. The van der Waals surface area contributed by atoms with Crippen LogP contribution in [0.2, 0.25) is 0 Å². The number of carbonyl (C=O) groups is 2. The van der Waals surface area contributed by atoms with Crippen molar-refractivity contribution in [2.24, 2.45) is 17.3 Å². The molecule has 0 radical (unpaired) electrons. The number of hydrogen-bond acceptors (Lipinski definition) is 3. The number of amides is 1. The summed E-state index contributed by atoms with van der Waals surface area (Å²) in [5.74, 6) is 0.220. The summed E-state index contributed by atoms with van der Waals surface area (Å²) < 4.78 is 5.82. The van der Waals surface area contributed by atoms with Gasteiger partial charge in [-0.05, 0) is 30.6 Å². The van der Waals surface area contributed by atoms with E-state index in [-0.39, 0.29) is 29.3 Å². The van der Waals surface area contributed by atoms with E-state index in [0.29, 0.717) is 25.3 Å². The largest absolute Gasteiger partial charge is 0.462 e. The fourth-order valence-electron chi connectivity index (χ4n) is 2.75. The van der Waals surface area contributed by atoms with Gasteiger partial charge < -0.3 is 9.64 Å². The lowest BCUT2D eigenvalue weighted by molar-refractivity contribution is -0.160. The first-order valence-electron chi connectivity index (χ1n) is 9.69. The van der Waals surface area contributed by atoms with Crippen LogP contribution in [0.4, 0.5) is 0 Å². The molecule has 0 N–H and O–H groups in total. The Bertz CT molecular complexity index is 464. The van der Waals surface area contributed by atoms with E-state index in [4.69, 9.17) is 4.74 Å². The molecule has 4 nitrogen and oxygen atoms in total. The minimum atomic E-state index is -0.161. The van der Waals surface area contributed by atoms with Crippen LogP contribution in [0.25, 0.3) is 0 Å². The van der Waals surface area contributed by atoms with Crippen molar-refractivity contribution in [3.05, 3.63) is 25.3 Å². The number of esters is 1. The molecule has 0 aliphatic carbocycles. The molecular formula is C22H39NO3. The Hall–Kier alpha value is -1.58. The summed E-state index contributed by atoms with van der Waals surface area (Å²) in [6.07, 6.45) is 7.14. The third kappa shape index (κ3) is 9.79. The van der Waals surface area contributed by atoms with Crippen molar-refractivity contribution >= 4 is 11.9 Å². The summed E-state index contributed by atoms with van der Waals surface area (Å²) in [6, 6.07) is 0. The van der Waals surface area contributed by atoms with Crippen molar-refractivity contribution in [1.29, 1.82) is 0 Å². The van der Waals surface area contributed by atoms with E-state index in [1.807, 2.05) is 6.92 Å². The first kappa shape index (κ1) is 24.4. The van der Waals surface area contributed by atoms with Gasteiger partial charge in [0, 0.05) is 20.0 Å². The number of likely N-dealkylation sites (N-methyl/N-ethyl adjacent to an activating group) is 1. The summed E-state index contributed by atoms with van der Waals surface area (Å²) in [5, 5.41) is 0. The van der Waals surface area contributed by atoms with E-state index >= 15 is 0 Å². The number of carbonyl (C=O) groups excluding carboxylic acids is 2. The van der Waals surface area contributed by atoms with Crippen molar-refractivity contribution in [3.8, 4) is 0 Å². The second-order valence-corrected chi connectivity index (χ2v) is 8.51. The number of nitrogens with zero attached hydrogens (tertiary/aromatic N) is 1. The fourth-order valence-corrected chi connectivity index (χ4v) is 2.75. The van der Waals surface area contributed by atoms with Crippen molar-refractivity contribution in [3.63, 3.8) is 0 Å². The van der Waals surface area contributed by atoms with Crippen LogP contribution in [0.5, 0.6) is 0 Å². The number of rotatable bonds is 12. The highest BCUT2D eigenvalue weighted by Gasteiger charge is 2.31. The summed E-state index contributed by atoms with van der Waals surface area (Å²) in [4.78, 5) is 26.0. The highest BCUT2D eigenvalue weighted by Crippen LogP contribution is 2.30. The third-order valence-electron chi connectivity index (χ3n) is 4.68. The Morgan fingerprint density at radius 3 is 2.27 bits per heavy atom. The maximum absolute atomic E-state index is 12.3. The van der Waals surface area contributed by atoms with Gasteiger partial charge in [-0.25, -0.2) is 0 Å². The molecule has 0 aliphatic heterocycles. The van der Waals surface area contributed by atoms with Crippen LogP contribution in [-0.2, 0) is 14.3 Å². The van der Waals surface area contributed by atoms with E-state index in [0.717, 1.165) is 19.3 Å². The highest BCUT2D eigenvalue weighted by molar-refractivity contribution is 5.75. The molecule has 150 valence electrons. The van der Waals surface area contributed by atoms with E-state index in [2.05, 4.69) is 40.9 Å². The van der Waals surface area contributed by atoms with Crippen LogP contribution in [0, 0.1) is 17.3 Å². The maximum Gasteiger partial charge on any atom is 0.309 e. The maximum atomic E-state index is 12.3. The second kappa shape index (κ2) is 11.9. The van der Waals surface area contributed by atoms with Crippen molar-refractivity contribution in [2.75, 3.05) is 13.6 Å². The molecule has 1 amide bonds. The SMILES string of the molecule is C=CC[C@@H](C)C(=O)O[C@@H](C[C@H](C)CCCC(=O)N(C)CC=C)C(C)(C)C. The number of hydrogen-bond donors (Lipinski definition) is 0. The van der Waals surface area contributed by atoms with Gasteiger partial charge in [0.2, 0.25) is 5.91 Å². The lowest BCUT2D eigenvalue weighted by Crippen LogP contribution is -2.35. The first-order chi connectivity index (χ1) is 12.0. The topological polar surface area (TPSA) is 46.6 Å². The Morgan fingerprint density at radius 1 is 1.15 bits per heavy atom. The van der Waals surface area contributed by atoms with Crippen LogP contribution < -0.4 is 0 Å². The smallest absolute Gasteiger partial charge is 0.309 e. The minimum absolute atomic E-state index is 0.113. The molecule has 0 aliphatic rings. The summed E-state index contributed by atoms with van der Waals surface area (Å²) >= 11 is 0. The average molecular weight is 366 g/mol. The van der Waals surface area contributed by atoms with E-state index in [1.165, 1.54) is 0 Å². The van der Waals surface area contributed by atoms with Gasteiger partial charge in [-0.3, -0.25) is 9.59 Å². The molecule has 0 fully saturated rings. The second-order valence-electron chi connectivity index (χ2n) is 8.51. The van der Waals surface area contributed by atoms with E-state index in [1.54, 1.807) is 24.1 Å². The zero-order valence-corrected chi connectivity index (χ0v) is 17.7. The molecule has 0 saturated carbocycles. The van der Waals surface area contributed by atoms with Crippen LogP contribution in [0.3, 0.4) is 0 Å². The molecule has 0 saturated heterocycles. The van der Waals surface area contributed by atoms with Gasteiger partial charge in [0.25, 0.3) is 0 Å². The van der Waals surface area contributed by atoms with Crippen LogP contribution >= 0.6 is 0 Å². The monoisotopic (exact) mass is 365 g/mol. The molecule has 0 heterocycles. The van der Waals surface area contributed by atoms with Gasteiger partial charge in [0.15, 0.2) is 0 Å².